The van der Waals surface area contributed by atoms with E-state index in [1.54, 1.807) is 35.2 Å². The minimum absolute atomic E-state index is 0.0909. The van der Waals surface area contributed by atoms with Crippen molar-refractivity contribution in [2.75, 3.05) is 17.1 Å². The number of aryl methyl sites for hydroxylation is 1. The zero-order chi connectivity index (χ0) is 28.6. The zero-order valence-electron chi connectivity index (χ0n) is 23.0. The quantitative estimate of drug-likeness (QED) is 0.309. The molecule has 1 aliphatic rings. The number of anilines is 1. The van der Waals surface area contributed by atoms with Crippen LogP contribution in [0.2, 0.25) is 10.0 Å². The lowest BCUT2D eigenvalue weighted by Gasteiger charge is -2.32. The maximum atomic E-state index is 13.6. The third kappa shape index (κ3) is 8.85. The summed E-state index contributed by atoms with van der Waals surface area (Å²) in [5.41, 5.74) is 2.44. The van der Waals surface area contributed by atoms with Crippen molar-refractivity contribution in [2.24, 2.45) is 0 Å². The summed E-state index contributed by atoms with van der Waals surface area (Å²) < 4.78 is 26.4. The van der Waals surface area contributed by atoms with Crippen molar-refractivity contribution < 1.29 is 18.0 Å². The number of nitrogens with zero attached hydrogens (tertiary/aromatic N) is 2. The molecule has 0 aliphatic heterocycles. The molecule has 2 aromatic rings. The highest BCUT2D eigenvalue weighted by atomic mass is 35.5. The summed E-state index contributed by atoms with van der Waals surface area (Å²) in [6.45, 7) is 4.28. The second-order valence-corrected chi connectivity index (χ2v) is 12.9. The van der Waals surface area contributed by atoms with Gasteiger partial charge < -0.3 is 10.2 Å². The smallest absolute Gasteiger partial charge is 0.243 e. The Hall–Kier alpha value is -2.29. The minimum atomic E-state index is -3.54. The molecule has 7 nitrogen and oxygen atoms in total. The molecule has 0 aromatic heterocycles. The number of hydrogen-bond acceptors (Lipinski definition) is 4. The van der Waals surface area contributed by atoms with Crippen molar-refractivity contribution in [3.8, 4) is 0 Å². The summed E-state index contributed by atoms with van der Waals surface area (Å²) in [6.07, 6.45) is 6.94. The molecule has 0 bridgehead atoms. The van der Waals surface area contributed by atoms with Crippen molar-refractivity contribution in [3.63, 3.8) is 0 Å². The van der Waals surface area contributed by atoms with Crippen LogP contribution in [0.1, 0.15) is 69.9 Å². The lowest BCUT2D eigenvalue weighted by atomic mass is 10.1. The van der Waals surface area contributed by atoms with Gasteiger partial charge in [0.2, 0.25) is 21.8 Å². The molecule has 10 heteroatoms. The van der Waals surface area contributed by atoms with E-state index in [1.165, 1.54) is 10.6 Å². The Morgan fingerprint density at radius 1 is 1.00 bits per heavy atom. The van der Waals surface area contributed by atoms with Gasteiger partial charge in [0.05, 0.1) is 22.0 Å². The molecule has 2 amide bonds. The molecule has 1 aliphatic carbocycles. The number of nitrogens with one attached hydrogen (secondary N) is 1. The van der Waals surface area contributed by atoms with Crippen molar-refractivity contribution in [1.82, 2.24) is 10.2 Å². The molecule has 1 fully saturated rings. The fraction of sp³-hybridized carbons (Fsp3) is 0.517. The number of rotatable bonds is 13. The van der Waals surface area contributed by atoms with Gasteiger partial charge in [0.1, 0.15) is 6.04 Å². The molecule has 3 rings (SSSR count). The van der Waals surface area contributed by atoms with Gasteiger partial charge in [-0.3, -0.25) is 13.9 Å². The van der Waals surface area contributed by atoms with Crippen LogP contribution in [-0.4, -0.2) is 50.0 Å². The largest absolute Gasteiger partial charge is 0.352 e. The maximum absolute atomic E-state index is 13.6. The molecular formula is C29H39Cl2N3O4S. The van der Waals surface area contributed by atoms with Crippen LogP contribution in [0, 0.1) is 0 Å². The molecule has 1 N–H and O–H groups in total. The van der Waals surface area contributed by atoms with Crippen LogP contribution in [0.4, 0.5) is 5.69 Å². The first-order valence-corrected chi connectivity index (χ1v) is 16.2. The number of carbonyl (C=O) groups excluding carboxylic acids is 2. The Labute approximate surface area is 242 Å². The standard InChI is InChI=1S/C29H39Cl2N3O4S/c1-4-21-12-15-24(16-13-21)34(39(3,37)38)18-8-11-28(35)33(20-22-14-17-25(30)26(31)19-22)27(5-2)29(36)32-23-9-6-7-10-23/h12-17,19,23,27H,4-11,18,20H2,1-3H3,(H,32,36)/t27-/m0/s1. The number of hydrogen-bond donors (Lipinski definition) is 1. The Kier molecular flexibility index (Phi) is 11.5. The Morgan fingerprint density at radius 3 is 2.21 bits per heavy atom. The van der Waals surface area contributed by atoms with E-state index in [4.69, 9.17) is 23.2 Å². The van der Waals surface area contributed by atoms with E-state index in [1.807, 2.05) is 26.0 Å². The van der Waals surface area contributed by atoms with Gasteiger partial charge in [-0.25, -0.2) is 8.42 Å². The first-order valence-electron chi connectivity index (χ1n) is 13.6. The predicted molar refractivity (Wildman–Crippen MR) is 159 cm³/mol. The van der Waals surface area contributed by atoms with Gasteiger partial charge in [0.25, 0.3) is 0 Å². The minimum Gasteiger partial charge on any atom is -0.352 e. The molecule has 0 heterocycles. The average molecular weight is 597 g/mol. The van der Waals surface area contributed by atoms with Gasteiger partial charge in [-0.15, -0.1) is 0 Å². The van der Waals surface area contributed by atoms with Gasteiger partial charge in [0, 0.05) is 25.6 Å². The molecule has 2 aromatic carbocycles. The summed E-state index contributed by atoms with van der Waals surface area (Å²) in [5, 5.41) is 3.92. The summed E-state index contributed by atoms with van der Waals surface area (Å²) in [6, 6.07) is 12.1. The fourth-order valence-electron chi connectivity index (χ4n) is 5.02. The second kappa shape index (κ2) is 14.4. The summed E-state index contributed by atoms with van der Waals surface area (Å²) >= 11 is 12.3. The van der Waals surface area contributed by atoms with Crippen LogP contribution in [0.5, 0.6) is 0 Å². The lowest BCUT2D eigenvalue weighted by Crippen LogP contribution is -2.51. The summed E-state index contributed by atoms with van der Waals surface area (Å²) in [7, 11) is -3.54. The maximum Gasteiger partial charge on any atom is 0.243 e. The van der Waals surface area contributed by atoms with Crippen LogP contribution in [0.25, 0.3) is 0 Å². The van der Waals surface area contributed by atoms with Crippen LogP contribution in [0.3, 0.4) is 0 Å². The number of carbonyl (C=O) groups is 2. The summed E-state index contributed by atoms with van der Waals surface area (Å²) in [5.74, 6) is -0.379. The van der Waals surface area contributed by atoms with E-state index < -0.39 is 16.1 Å². The fourth-order valence-corrected chi connectivity index (χ4v) is 6.31. The molecule has 39 heavy (non-hydrogen) atoms. The van der Waals surface area contributed by atoms with Crippen LogP contribution in [0.15, 0.2) is 42.5 Å². The third-order valence-corrected chi connectivity index (χ3v) is 9.14. The van der Waals surface area contributed by atoms with E-state index >= 15 is 0 Å². The number of sulfonamides is 1. The molecule has 1 saturated carbocycles. The summed E-state index contributed by atoms with van der Waals surface area (Å²) in [4.78, 5) is 28.5. The normalized spacial score (nSPS) is 14.7. The van der Waals surface area contributed by atoms with Crippen LogP contribution in [-0.2, 0) is 32.6 Å². The highest BCUT2D eigenvalue weighted by molar-refractivity contribution is 7.92. The highest BCUT2D eigenvalue weighted by Gasteiger charge is 2.31. The molecule has 0 unspecified atom stereocenters. The average Bonchev–Trinajstić information content (AvgIpc) is 3.41. The van der Waals surface area contributed by atoms with E-state index in [0.717, 1.165) is 43.2 Å². The van der Waals surface area contributed by atoms with Crippen molar-refractivity contribution in [3.05, 3.63) is 63.6 Å². The topological polar surface area (TPSA) is 86.8 Å². The molecule has 0 radical (unpaired) electrons. The lowest BCUT2D eigenvalue weighted by molar-refractivity contribution is -0.141. The zero-order valence-corrected chi connectivity index (χ0v) is 25.3. The number of benzene rings is 2. The Balaban J connectivity index is 1.77. The van der Waals surface area contributed by atoms with Crippen molar-refractivity contribution in [2.45, 2.75) is 83.8 Å². The van der Waals surface area contributed by atoms with E-state index in [0.29, 0.717) is 28.6 Å². The van der Waals surface area contributed by atoms with Crippen molar-refractivity contribution >= 4 is 50.7 Å². The van der Waals surface area contributed by atoms with Crippen LogP contribution < -0.4 is 9.62 Å². The molecule has 1 atom stereocenters. The second-order valence-electron chi connectivity index (χ2n) is 10.1. The van der Waals surface area contributed by atoms with Gasteiger partial charge in [0.15, 0.2) is 0 Å². The number of amides is 2. The van der Waals surface area contributed by atoms with E-state index in [9.17, 15) is 18.0 Å². The highest BCUT2D eigenvalue weighted by Crippen LogP contribution is 2.25. The van der Waals surface area contributed by atoms with E-state index in [-0.39, 0.29) is 37.4 Å². The number of halogens is 2. The predicted octanol–water partition coefficient (Wildman–Crippen LogP) is 5.97. The van der Waals surface area contributed by atoms with Crippen molar-refractivity contribution in [1.29, 1.82) is 0 Å². The first kappa shape index (κ1) is 31.2. The molecule has 0 spiro atoms. The Bertz CT molecular complexity index is 1230. The Morgan fingerprint density at radius 2 is 1.64 bits per heavy atom. The van der Waals surface area contributed by atoms with Gasteiger partial charge in [-0.1, -0.05) is 68.1 Å². The third-order valence-electron chi connectivity index (χ3n) is 7.21. The SMILES string of the molecule is CCc1ccc(N(CCCC(=O)N(Cc2ccc(Cl)c(Cl)c2)[C@@H](CC)C(=O)NC2CCCC2)S(C)(=O)=O)cc1. The van der Waals surface area contributed by atoms with Crippen LogP contribution >= 0.6 is 23.2 Å². The van der Waals surface area contributed by atoms with E-state index in [2.05, 4.69) is 5.32 Å². The van der Waals surface area contributed by atoms with Gasteiger partial charge in [-0.2, -0.15) is 0 Å². The molecule has 0 saturated heterocycles. The first-order chi connectivity index (χ1) is 18.5. The monoisotopic (exact) mass is 595 g/mol. The molecule has 214 valence electrons. The van der Waals surface area contributed by atoms with Gasteiger partial charge >= 0.3 is 0 Å². The molecular weight excluding hydrogens is 557 g/mol. The van der Waals surface area contributed by atoms with Gasteiger partial charge in [-0.05, 0) is 67.5 Å².